The predicted molar refractivity (Wildman–Crippen MR) is 71.1 cm³/mol. The Bertz CT molecular complexity index is 223. The van der Waals surface area contributed by atoms with Crippen LogP contribution in [0.15, 0.2) is 24.3 Å². The SMILES string of the molecule is CCC.CN(C)c1ccc(N(C)C)cc1. The Labute approximate surface area is 94.5 Å². The topological polar surface area (TPSA) is 6.48 Å². The van der Waals surface area contributed by atoms with Gasteiger partial charge in [0.1, 0.15) is 0 Å². The quantitative estimate of drug-likeness (QED) is 0.736. The molecule has 0 aliphatic carbocycles. The maximum Gasteiger partial charge on any atom is 0.0362 e. The molecule has 0 saturated carbocycles. The lowest BCUT2D eigenvalue weighted by Crippen LogP contribution is -2.10. The highest BCUT2D eigenvalue weighted by Gasteiger charge is 1.96. The van der Waals surface area contributed by atoms with Crippen LogP contribution in [0.2, 0.25) is 0 Å². The number of rotatable bonds is 2. The lowest BCUT2D eigenvalue weighted by atomic mass is 10.2. The predicted octanol–water partition coefficient (Wildman–Crippen LogP) is 3.23. The Hall–Kier alpha value is -1.18. The second-order valence-corrected chi connectivity index (χ2v) is 4.01. The molecule has 0 unspecified atom stereocenters. The van der Waals surface area contributed by atoms with Crippen LogP contribution in [0.4, 0.5) is 11.4 Å². The van der Waals surface area contributed by atoms with Gasteiger partial charge in [0.05, 0.1) is 0 Å². The van der Waals surface area contributed by atoms with E-state index in [0.717, 1.165) is 0 Å². The molecule has 0 aliphatic rings. The second kappa shape index (κ2) is 7.16. The van der Waals surface area contributed by atoms with Crippen molar-refractivity contribution >= 4 is 11.4 Å². The molecule has 0 amide bonds. The zero-order valence-electron chi connectivity index (χ0n) is 10.9. The summed E-state index contributed by atoms with van der Waals surface area (Å²) < 4.78 is 0. The molecule has 2 nitrogen and oxygen atoms in total. The third-order valence-electron chi connectivity index (χ3n) is 1.88. The largest absolute Gasteiger partial charge is 0.378 e. The first-order valence-corrected chi connectivity index (χ1v) is 5.47. The summed E-state index contributed by atoms with van der Waals surface area (Å²) in [6.07, 6.45) is 1.25. The Balaban J connectivity index is 0.000000583. The number of benzene rings is 1. The molecule has 0 fully saturated rings. The van der Waals surface area contributed by atoms with E-state index >= 15 is 0 Å². The van der Waals surface area contributed by atoms with E-state index in [1.54, 1.807) is 0 Å². The van der Waals surface area contributed by atoms with E-state index < -0.39 is 0 Å². The van der Waals surface area contributed by atoms with Gasteiger partial charge in [-0.25, -0.2) is 0 Å². The van der Waals surface area contributed by atoms with E-state index in [9.17, 15) is 0 Å². The molecule has 0 bridgehead atoms. The van der Waals surface area contributed by atoms with Crippen molar-refractivity contribution in [3.05, 3.63) is 24.3 Å². The van der Waals surface area contributed by atoms with Crippen LogP contribution >= 0.6 is 0 Å². The molecule has 1 rings (SSSR count). The van der Waals surface area contributed by atoms with Gasteiger partial charge in [0.2, 0.25) is 0 Å². The van der Waals surface area contributed by atoms with Gasteiger partial charge >= 0.3 is 0 Å². The van der Waals surface area contributed by atoms with E-state index in [-0.39, 0.29) is 0 Å². The third-order valence-corrected chi connectivity index (χ3v) is 1.88. The number of anilines is 2. The Morgan fingerprint density at radius 3 is 1.07 bits per heavy atom. The first-order chi connectivity index (χ1) is 7.02. The molecule has 15 heavy (non-hydrogen) atoms. The molecule has 0 heterocycles. The fourth-order valence-corrected chi connectivity index (χ4v) is 1.05. The maximum atomic E-state index is 2.12. The van der Waals surface area contributed by atoms with Gasteiger partial charge in [0.15, 0.2) is 0 Å². The minimum atomic E-state index is 1.24. The highest BCUT2D eigenvalue weighted by Crippen LogP contribution is 2.16. The van der Waals surface area contributed by atoms with Crippen LogP contribution in [0.5, 0.6) is 0 Å². The van der Waals surface area contributed by atoms with Crippen LogP contribution in [0, 0.1) is 0 Å². The summed E-state index contributed by atoms with van der Waals surface area (Å²) in [5, 5.41) is 0. The van der Waals surface area contributed by atoms with Crippen molar-refractivity contribution in [2.24, 2.45) is 0 Å². The number of nitrogens with zero attached hydrogens (tertiary/aromatic N) is 2. The standard InChI is InChI=1S/C10H16N2.C3H8/c1-11(2)9-5-7-10(8-6-9)12(3)4;1-3-2/h5-8H,1-4H3;3H2,1-2H3. The monoisotopic (exact) mass is 208 g/mol. The molecule has 86 valence electrons. The Morgan fingerprint density at radius 2 is 0.933 bits per heavy atom. The molecule has 0 atom stereocenters. The molecule has 0 N–H and O–H groups in total. The normalized spacial score (nSPS) is 8.93. The first-order valence-electron chi connectivity index (χ1n) is 5.47. The van der Waals surface area contributed by atoms with Crippen molar-refractivity contribution in [3.8, 4) is 0 Å². The summed E-state index contributed by atoms with van der Waals surface area (Å²) in [7, 11) is 8.19. The van der Waals surface area contributed by atoms with Crippen molar-refractivity contribution < 1.29 is 0 Å². The van der Waals surface area contributed by atoms with Crippen molar-refractivity contribution in [1.82, 2.24) is 0 Å². The molecule has 1 aromatic carbocycles. The van der Waals surface area contributed by atoms with E-state index in [2.05, 4.69) is 47.9 Å². The van der Waals surface area contributed by atoms with E-state index in [0.29, 0.717) is 0 Å². The van der Waals surface area contributed by atoms with Gasteiger partial charge in [-0.15, -0.1) is 0 Å². The molecule has 0 spiro atoms. The zero-order chi connectivity index (χ0) is 11.8. The van der Waals surface area contributed by atoms with E-state index in [1.165, 1.54) is 17.8 Å². The van der Waals surface area contributed by atoms with Gasteiger partial charge in [0, 0.05) is 39.6 Å². The van der Waals surface area contributed by atoms with Gasteiger partial charge in [-0.2, -0.15) is 0 Å². The zero-order valence-corrected chi connectivity index (χ0v) is 10.9. The molecular weight excluding hydrogens is 184 g/mol. The molecule has 0 aliphatic heterocycles. The second-order valence-electron chi connectivity index (χ2n) is 4.01. The van der Waals surface area contributed by atoms with Crippen LogP contribution in [0.3, 0.4) is 0 Å². The fraction of sp³-hybridized carbons (Fsp3) is 0.538. The van der Waals surface area contributed by atoms with Crippen molar-refractivity contribution in [2.75, 3.05) is 38.0 Å². The van der Waals surface area contributed by atoms with Crippen LogP contribution in [0.1, 0.15) is 20.3 Å². The summed E-state index contributed by atoms with van der Waals surface area (Å²) in [6, 6.07) is 8.48. The van der Waals surface area contributed by atoms with Gasteiger partial charge < -0.3 is 9.80 Å². The highest BCUT2D eigenvalue weighted by atomic mass is 15.1. The molecule has 2 heteroatoms. The maximum absolute atomic E-state index is 2.12. The average Bonchev–Trinajstić information content (AvgIpc) is 2.19. The van der Waals surface area contributed by atoms with E-state index in [1.807, 2.05) is 28.2 Å². The van der Waals surface area contributed by atoms with Crippen molar-refractivity contribution in [2.45, 2.75) is 20.3 Å². The molecule has 1 aromatic rings. The molecular formula is C13H24N2. The van der Waals surface area contributed by atoms with Crippen molar-refractivity contribution in [1.29, 1.82) is 0 Å². The van der Waals surface area contributed by atoms with Crippen LogP contribution in [0.25, 0.3) is 0 Å². The average molecular weight is 208 g/mol. The summed E-state index contributed by atoms with van der Waals surface area (Å²) in [4.78, 5) is 4.19. The van der Waals surface area contributed by atoms with Crippen LogP contribution in [-0.4, -0.2) is 28.2 Å². The van der Waals surface area contributed by atoms with Gasteiger partial charge in [-0.05, 0) is 24.3 Å². The molecule has 0 saturated heterocycles. The van der Waals surface area contributed by atoms with Crippen LogP contribution < -0.4 is 9.80 Å². The minimum Gasteiger partial charge on any atom is -0.378 e. The third kappa shape index (κ3) is 5.31. The van der Waals surface area contributed by atoms with Crippen molar-refractivity contribution in [3.63, 3.8) is 0 Å². The Morgan fingerprint density at radius 1 is 0.733 bits per heavy atom. The lowest BCUT2D eigenvalue weighted by Gasteiger charge is -2.16. The first kappa shape index (κ1) is 13.8. The summed E-state index contributed by atoms with van der Waals surface area (Å²) in [5.74, 6) is 0. The van der Waals surface area contributed by atoms with Gasteiger partial charge in [-0.3, -0.25) is 0 Å². The number of hydrogen-bond acceptors (Lipinski definition) is 2. The molecule has 0 radical (unpaired) electrons. The summed E-state index contributed by atoms with van der Waals surface area (Å²) in [6.45, 7) is 4.25. The smallest absolute Gasteiger partial charge is 0.0362 e. The fourth-order valence-electron chi connectivity index (χ4n) is 1.05. The lowest BCUT2D eigenvalue weighted by molar-refractivity contribution is 1.09. The van der Waals surface area contributed by atoms with Gasteiger partial charge in [-0.1, -0.05) is 20.3 Å². The molecule has 0 aromatic heterocycles. The minimum absolute atomic E-state index is 1.24. The summed E-state index contributed by atoms with van der Waals surface area (Å²) >= 11 is 0. The highest BCUT2D eigenvalue weighted by molar-refractivity contribution is 5.54. The number of hydrogen-bond donors (Lipinski definition) is 0. The van der Waals surface area contributed by atoms with Crippen LogP contribution in [-0.2, 0) is 0 Å². The Kier molecular flexibility index (Phi) is 6.59. The summed E-state index contributed by atoms with van der Waals surface area (Å²) in [5.41, 5.74) is 2.47. The van der Waals surface area contributed by atoms with E-state index in [4.69, 9.17) is 0 Å². The van der Waals surface area contributed by atoms with Gasteiger partial charge in [0.25, 0.3) is 0 Å².